The van der Waals surface area contributed by atoms with E-state index in [1.807, 2.05) is 42.3 Å². The largest absolute Gasteiger partial charge is 0.350 e. The molecule has 0 radical (unpaired) electrons. The maximum absolute atomic E-state index is 12.0. The Balaban J connectivity index is 2.20. The third-order valence-electron chi connectivity index (χ3n) is 2.48. The summed E-state index contributed by atoms with van der Waals surface area (Å²) in [5.41, 5.74) is 0.690. The fourth-order valence-corrected chi connectivity index (χ4v) is 1.84. The molecule has 1 saturated heterocycles. The highest BCUT2D eigenvalue weighted by atomic mass is 32.1. The molecule has 1 fully saturated rings. The van der Waals surface area contributed by atoms with Crippen LogP contribution in [-0.2, 0) is 0 Å². The van der Waals surface area contributed by atoms with Crippen molar-refractivity contribution in [2.45, 2.75) is 0 Å². The van der Waals surface area contributed by atoms with Crippen LogP contribution in [0.25, 0.3) is 0 Å². The zero-order valence-electron chi connectivity index (χ0n) is 8.51. The highest BCUT2D eigenvalue weighted by Gasteiger charge is 2.27. The van der Waals surface area contributed by atoms with Gasteiger partial charge in [-0.05, 0) is 24.4 Å². The molecule has 0 N–H and O–H groups in total. The zero-order chi connectivity index (χ0) is 10.8. The Kier molecular flexibility index (Phi) is 2.68. The number of benzene rings is 1. The number of likely N-dealkylation sites (N-methyl/N-ethyl adjacent to an activating group) is 1. The van der Waals surface area contributed by atoms with Gasteiger partial charge in [0.25, 0.3) is 5.91 Å². The van der Waals surface area contributed by atoms with Gasteiger partial charge in [0.15, 0.2) is 5.11 Å². The number of hydrogen-bond acceptors (Lipinski definition) is 2. The van der Waals surface area contributed by atoms with Crippen molar-refractivity contribution in [1.82, 2.24) is 9.80 Å². The van der Waals surface area contributed by atoms with Crippen molar-refractivity contribution in [3.63, 3.8) is 0 Å². The second-order valence-electron chi connectivity index (χ2n) is 3.53. The van der Waals surface area contributed by atoms with E-state index < -0.39 is 0 Å². The summed E-state index contributed by atoms with van der Waals surface area (Å²) in [6.07, 6.45) is 0. The first-order valence-electron chi connectivity index (χ1n) is 4.82. The van der Waals surface area contributed by atoms with Crippen molar-refractivity contribution in [2.24, 2.45) is 0 Å². The molecule has 0 saturated carbocycles. The van der Waals surface area contributed by atoms with Crippen LogP contribution >= 0.6 is 12.2 Å². The predicted octanol–water partition coefficient (Wildman–Crippen LogP) is 1.36. The van der Waals surface area contributed by atoms with Gasteiger partial charge in [0.1, 0.15) is 0 Å². The monoisotopic (exact) mass is 220 g/mol. The smallest absolute Gasteiger partial charge is 0.260 e. The van der Waals surface area contributed by atoms with Gasteiger partial charge in [-0.1, -0.05) is 18.2 Å². The molecule has 0 atom stereocenters. The summed E-state index contributed by atoms with van der Waals surface area (Å²) in [7, 11) is 1.90. The van der Waals surface area contributed by atoms with E-state index in [0.29, 0.717) is 17.2 Å². The van der Waals surface area contributed by atoms with E-state index in [2.05, 4.69) is 0 Å². The van der Waals surface area contributed by atoms with Gasteiger partial charge < -0.3 is 4.90 Å². The number of carbonyl (C=O) groups excluding carboxylic acids is 1. The summed E-state index contributed by atoms with van der Waals surface area (Å²) in [5.74, 6) is -0.00931. The number of amides is 1. The van der Waals surface area contributed by atoms with E-state index in [1.165, 1.54) is 0 Å². The molecule has 0 spiro atoms. The van der Waals surface area contributed by atoms with Gasteiger partial charge >= 0.3 is 0 Å². The Morgan fingerprint density at radius 3 is 2.47 bits per heavy atom. The molecule has 1 heterocycles. The number of carbonyl (C=O) groups is 1. The molecule has 4 heteroatoms. The van der Waals surface area contributed by atoms with E-state index in [4.69, 9.17) is 12.2 Å². The summed E-state index contributed by atoms with van der Waals surface area (Å²) in [5, 5.41) is 0.615. The van der Waals surface area contributed by atoms with Crippen molar-refractivity contribution < 1.29 is 4.79 Å². The van der Waals surface area contributed by atoms with Crippen LogP contribution in [0, 0.1) is 0 Å². The average Bonchev–Trinajstić information content (AvgIpc) is 2.60. The van der Waals surface area contributed by atoms with Gasteiger partial charge in [0.05, 0.1) is 0 Å². The Morgan fingerprint density at radius 1 is 1.27 bits per heavy atom. The zero-order valence-corrected chi connectivity index (χ0v) is 9.33. The summed E-state index contributed by atoms with van der Waals surface area (Å²) < 4.78 is 0. The standard InChI is InChI=1S/C11H12N2OS/c1-12-7-8-13(11(12)15)10(14)9-5-3-2-4-6-9/h2-6H,7-8H2,1H3. The maximum Gasteiger partial charge on any atom is 0.260 e. The van der Waals surface area contributed by atoms with E-state index in [9.17, 15) is 4.79 Å². The molecule has 1 aliphatic rings. The lowest BCUT2D eigenvalue weighted by Gasteiger charge is -2.16. The number of rotatable bonds is 1. The van der Waals surface area contributed by atoms with E-state index >= 15 is 0 Å². The minimum atomic E-state index is -0.00931. The summed E-state index contributed by atoms with van der Waals surface area (Å²) in [6.45, 7) is 1.50. The highest BCUT2D eigenvalue weighted by molar-refractivity contribution is 7.80. The Labute approximate surface area is 94.3 Å². The van der Waals surface area contributed by atoms with Gasteiger partial charge in [-0.2, -0.15) is 0 Å². The first-order chi connectivity index (χ1) is 7.20. The van der Waals surface area contributed by atoms with Crippen LogP contribution in [0.5, 0.6) is 0 Å². The van der Waals surface area contributed by atoms with Gasteiger partial charge in [0, 0.05) is 25.7 Å². The minimum Gasteiger partial charge on any atom is -0.350 e. The Hall–Kier alpha value is -1.42. The van der Waals surface area contributed by atoms with E-state index in [-0.39, 0.29) is 5.91 Å². The van der Waals surface area contributed by atoms with Crippen molar-refractivity contribution in [2.75, 3.05) is 20.1 Å². The molecular weight excluding hydrogens is 208 g/mol. The second kappa shape index (κ2) is 3.98. The average molecular weight is 220 g/mol. The number of nitrogens with zero attached hydrogens (tertiary/aromatic N) is 2. The lowest BCUT2D eigenvalue weighted by Crippen LogP contribution is -2.34. The normalized spacial score (nSPS) is 15.9. The molecular formula is C11H12N2OS. The third-order valence-corrected chi connectivity index (χ3v) is 3.01. The van der Waals surface area contributed by atoms with Gasteiger partial charge in [-0.3, -0.25) is 9.69 Å². The van der Waals surface area contributed by atoms with Gasteiger partial charge in [0.2, 0.25) is 0 Å². The van der Waals surface area contributed by atoms with Gasteiger partial charge in [-0.25, -0.2) is 0 Å². The lowest BCUT2D eigenvalue weighted by atomic mass is 10.2. The lowest BCUT2D eigenvalue weighted by molar-refractivity contribution is 0.0861. The molecule has 0 unspecified atom stereocenters. The number of hydrogen-bond donors (Lipinski definition) is 0. The van der Waals surface area contributed by atoms with Crippen LogP contribution in [0.4, 0.5) is 0 Å². The molecule has 15 heavy (non-hydrogen) atoms. The van der Waals surface area contributed by atoms with Crippen LogP contribution in [-0.4, -0.2) is 41.0 Å². The second-order valence-corrected chi connectivity index (χ2v) is 3.89. The van der Waals surface area contributed by atoms with Gasteiger partial charge in [-0.15, -0.1) is 0 Å². The first-order valence-corrected chi connectivity index (χ1v) is 5.23. The fourth-order valence-electron chi connectivity index (χ4n) is 1.57. The van der Waals surface area contributed by atoms with Crippen LogP contribution in [0.1, 0.15) is 10.4 Å². The third kappa shape index (κ3) is 1.85. The van der Waals surface area contributed by atoms with Crippen LogP contribution in [0.3, 0.4) is 0 Å². The Morgan fingerprint density at radius 2 is 1.93 bits per heavy atom. The molecule has 0 aromatic heterocycles. The van der Waals surface area contributed by atoms with Crippen molar-refractivity contribution in [1.29, 1.82) is 0 Å². The SMILES string of the molecule is CN1CCN(C(=O)c2ccccc2)C1=S. The molecule has 1 amide bonds. The maximum atomic E-state index is 12.0. The van der Waals surface area contributed by atoms with E-state index in [0.717, 1.165) is 6.54 Å². The first kappa shape index (κ1) is 10.1. The molecule has 1 aromatic carbocycles. The summed E-state index contributed by atoms with van der Waals surface area (Å²) >= 11 is 5.17. The van der Waals surface area contributed by atoms with Crippen molar-refractivity contribution in [3.05, 3.63) is 35.9 Å². The van der Waals surface area contributed by atoms with Crippen molar-refractivity contribution in [3.8, 4) is 0 Å². The molecule has 0 bridgehead atoms. The van der Waals surface area contributed by atoms with Crippen molar-refractivity contribution >= 4 is 23.2 Å². The number of thiocarbonyl (C=S) groups is 1. The predicted molar refractivity (Wildman–Crippen MR) is 62.7 cm³/mol. The quantitative estimate of drug-likeness (QED) is 0.668. The minimum absolute atomic E-state index is 0.00931. The van der Waals surface area contributed by atoms with Crippen LogP contribution in [0.2, 0.25) is 0 Å². The van der Waals surface area contributed by atoms with Crippen LogP contribution < -0.4 is 0 Å². The molecule has 2 rings (SSSR count). The fraction of sp³-hybridized carbons (Fsp3) is 0.273. The highest BCUT2D eigenvalue weighted by Crippen LogP contribution is 2.11. The summed E-state index contributed by atoms with van der Waals surface area (Å²) in [6, 6.07) is 9.23. The Bertz CT molecular complexity index is 391. The van der Waals surface area contributed by atoms with Crippen LogP contribution in [0.15, 0.2) is 30.3 Å². The molecule has 1 aromatic rings. The topological polar surface area (TPSA) is 23.6 Å². The van der Waals surface area contributed by atoms with E-state index in [1.54, 1.807) is 4.90 Å². The molecule has 0 aliphatic carbocycles. The molecule has 3 nitrogen and oxygen atoms in total. The molecule has 78 valence electrons. The molecule has 1 aliphatic heterocycles. The summed E-state index contributed by atoms with van der Waals surface area (Å²) in [4.78, 5) is 15.6.